The molecule has 0 radical (unpaired) electrons. The number of carbonyl (C=O) groups is 1. The third-order valence-corrected chi connectivity index (χ3v) is 3.33. The number of aliphatic hydroxyl groups excluding tert-OH is 1. The van der Waals surface area contributed by atoms with E-state index in [0.717, 1.165) is 18.5 Å². The zero-order chi connectivity index (χ0) is 13.1. The van der Waals surface area contributed by atoms with Gasteiger partial charge in [0.2, 0.25) is 5.91 Å². The first kappa shape index (κ1) is 13.3. The number of nitrogens with zero attached hydrogens (tertiary/aromatic N) is 1. The minimum Gasteiger partial charge on any atom is -0.392 e. The van der Waals surface area contributed by atoms with Crippen molar-refractivity contribution in [3.63, 3.8) is 0 Å². The van der Waals surface area contributed by atoms with Crippen molar-refractivity contribution in [1.82, 2.24) is 4.90 Å². The Morgan fingerprint density at radius 2 is 2.39 bits per heavy atom. The van der Waals surface area contributed by atoms with Gasteiger partial charge in [0.25, 0.3) is 0 Å². The first-order valence-corrected chi connectivity index (χ1v) is 6.39. The van der Waals surface area contributed by atoms with Crippen LogP contribution in [-0.2, 0) is 4.79 Å². The minimum absolute atomic E-state index is 0.102. The van der Waals surface area contributed by atoms with Crippen LogP contribution >= 0.6 is 11.6 Å². The maximum absolute atomic E-state index is 11.8. The van der Waals surface area contributed by atoms with E-state index in [9.17, 15) is 9.90 Å². The van der Waals surface area contributed by atoms with E-state index in [1.165, 1.54) is 0 Å². The number of carbonyl (C=O) groups excluding carboxylic acids is 1. The highest BCUT2D eigenvalue weighted by molar-refractivity contribution is 6.33. The predicted octanol–water partition coefficient (Wildman–Crippen LogP) is 1.65. The van der Waals surface area contributed by atoms with Gasteiger partial charge in [-0.15, -0.1) is 0 Å². The fraction of sp³-hybridized carbons (Fsp3) is 0.462. The summed E-state index contributed by atoms with van der Waals surface area (Å²) in [7, 11) is 0. The lowest BCUT2D eigenvalue weighted by Gasteiger charge is -2.15. The molecule has 2 rings (SSSR count). The summed E-state index contributed by atoms with van der Waals surface area (Å²) < 4.78 is 0. The van der Waals surface area contributed by atoms with E-state index in [2.05, 4.69) is 5.32 Å². The van der Waals surface area contributed by atoms with Gasteiger partial charge in [0.1, 0.15) is 0 Å². The van der Waals surface area contributed by atoms with Crippen LogP contribution in [0.4, 0.5) is 5.69 Å². The third kappa shape index (κ3) is 3.45. The lowest BCUT2D eigenvalue weighted by molar-refractivity contribution is -0.117. The zero-order valence-corrected chi connectivity index (χ0v) is 11.1. The number of halogens is 1. The van der Waals surface area contributed by atoms with Crippen LogP contribution in [0.25, 0.3) is 0 Å². The van der Waals surface area contributed by atoms with Gasteiger partial charge < -0.3 is 10.4 Å². The standard InChI is InChI=1S/C13H17ClN2O2/c1-9-2-3-12(11(14)6-9)15-13(18)8-16-5-4-10(17)7-16/h2-3,6,10,17H,4-5,7-8H2,1H3,(H,15,18). The summed E-state index contributed by atoms with van der Waals surface area (Å²) in [6.45, 7) is 3.57. The molecule has 1 aliphatic heterocycles. The van der Waals surface area contributed by atoms with E-state index in [4.69, 9.17) is 11.6 Å². The summed E-state index contributed by atoms with van der Waals surface area (Å²) in [5.74, 6) is -0.102. The van der Waals surface area contributed by atoms with Crippen molar-refractivity contribution in [2.75, 3.05) is 25.0 Å². The summed E-state index contributed by atoms with van der Waals surface area (Å²) in [6.07, 6.45) is 0.430. The number of benzene rings is 1. The maximum Gasteiger partial charge on any atom is 0.238 e. The van der Waals surface area contributed by atoms with Crippen molar-refractivity contribution in [3.05, 3.63) is 28.8 Å². The quantitative estimate of drug-likeness (QED) is 0.877. The molecule has 0 aromatic heterocycles. The van der Waals surface area contributed by atoms with E-state index in [0.29, 0.717) is 23.8 Å². The molecular formula is C13H17ClN2O2. The van der Waals surface area contributed by atoms with Gasteiger partial charge in [-0.25, -0.2) is 0 Å². The second-order valence-corrected chi connectivity index (χ2v) is 5.12. The average Bonchev–Trinajstić information content (AvgIpc) is 2.68. The summed E-state index contributed by atoms with van der Waals surface area (Å²) >= 11 is 6.05. The highest BCUT2D eigenvalue weighted by Gasteiger charge is 2.22. The predicted molar refractivity (Wildman–Crippen MR) is 71.9 cm³/mol. The molecule has 1 unspecified atom stereocenters. The Balaban J connectivity index is 1.91. The van der Waals surface area contributed by atoms with Crippen molar-refractivity contribution in [1.29, 1.82) is 0 Å². The van der Waals surface area contributed by atoms with Gasteiger partial charge in [-0.3, -0.25) is 9.69 Å². The first-order valence-electron chi connectivity index (χ1n) is 6.01. The van der Waals surface area contributed by atoms with E-state index >= 15 is 0 Å². The number of amides is 1. The normalized spacial score (nSPS) is 20.1. The molecule has 1 atom stereocenters. The highest BCUT2D eigenvalue weighted by Crippen LogP contribution is 2.22. The Morgan fingerprint density at radius 3 is 3.00 bits per heavy atom. The molecule has 1 heterocycles. The molecule has 1 aromatic rings. The lowest BCUT2D eigenvalue weighted by atomic mass is 10.2. The molecule has 1 aliphatic rings. The Bertz CT molecular complexity index is 451. The Hall–Kier alpha value is -1.10. The molecular weight excluding hydrogens is 252 g/mol. The molecule has 98 valence electrons. The third-order valence-electron chi connectivity index (χ3n) is 3.01. The second kappa shape index (κ2) is 5.69. The van der Waals surface area contributed by atoms with Gasteiger partial charge in [-0.05, 0) is 31.0 Å². The Kier molecular flexibility index (Phi) is 4.22. The number of aryl methyl sites for hydroxylation is 1. The zero-order valence-electron chi connectivity index (χ0n) is 10.3. The number of rotatable bonds is 3. The summed E-state index contributed by atoms with van der Waals surface area (Å²) in [5, 5.41) is 12.7. The van der Waals surface area contributed by atoms with Crippen LogP contribution in [0.1, 0.15) is 12.0 Å². The van der Waals surface area contributed by atoms with Crippen molar-refractivity contribution in [2.45, 2.75) is 19.4 Å². The summed E-state index contributed by atoms with van der Waals surface area (Å²) in [4.78, 5) is 13.8. The van der Waals surface area contributed by atoms with Crippen LogP contribution in [0.2, 0.25) is 5.02 Å². The minimum atomic E-state index is -0.305. The number of anilines is 1. The van der Waals surface area contributed by atoms with Crippen LogP contribution in [-0.4, -0.2) is 41.7 Å². The fourth-order valence-corrected chi connectivity index (χ4v) is 2.35. The number of hydrogen-bond acceptors (Lipinski definition) is 3. The van der Waals surface area contributed by atoms with Gasteiger partial charge in [0, 0.05) is 13.1 Å². The van der Waals surface area contributed by atoms with E-state index in [1.807, 2.05) is 24.0 Å². The van der Waals surface area contributed by atoms with Gasteiger partial charge in [-0.2, -0.15) is 0 Å². The fourth-order valence-electron chi connectivity index (χ4n) is 2.07. The molecule has 0 bridgehead atoms. The topological polar surface area (TPSA) is 52.6 Å². The molecule has 0 spiro atoms. The van der Waals surface area contributed by atoms with Crippen molar-refractivity contribution >= 4 is 23.2 Å². The Labute approximate surface area is 112 Å². The van der Waals surface area contributed by atoms with E-state index in [1.54, 1.807) is 6.07 Å². The molecule has 1 aromatic carbocycles. The lowest BCUT2D eigenvalue weighted by Crippen LogP contribution is -2.32. The largest absolute Gasteiger partial charge is 0.392 e. The molecule has 4 nitrogen and oxygen atoms in total. The molecule has 0 aliphatic carbocycles. The monoisotopic (exact) mass is 268 g/mol. The van der Waals surface area contributed by atoms with Crippen molar-refractivity contribution < 1.29 is 9.90 Å². The molecule has 1 saturated heterocycles. The number of nitrogens with one attached hydrogen (secondary N) is 1. The second-order valence-electron chi connectivity index (χ2n) is 4.71. The smallest absolute Gasteiger partial charge is 0.238 e. The first-order chi connectivity index (χ1) is 8.54. The molecule has 0 saturated carbocycles. The summed E-state index contributed by atoms with van der Waals surface area (Å²) in [6, 6.07) is 5.52. The van der Waals surface area contributed by atoms with Crippen LogP contribution < -0.4 is 5.32 Å². The molecule has 18 heavy (non-hydrogen) atoms. The van der Waals surface area contributed by atoms with Gasteiger partial charge >= 0.3 is 0 Å². The van der Waals surface area contributed by atoms with E-state index < -0.39 is 0 Å². The van der Waals surface area contributed by atoms with Crippen LogP contribution in [0.15, 0.2) is 18.2 Å². The number of aliphatic hydroxyl groups is 1. The SMILES string of the molecule is Cc1ccc(NC(=O)CN2CCC(O)C2)c(Cl)c1. The molecule has 2 N–H and O–H groups in total. The Morgan fingerprint density at radius 1 is 1.61 bits per heavy atom. The molecule has 5 heteroatoms. The highest BCUT2D eigenvalue weighted by atomic mass is 35.5. The average molecular weight is 269 g/mol. The van der Waals surface area contributed by atoms with Gasteiger partial charge in [0.05, 0.1) is 23.4 Å². The van der Waals surface area contributed by atoms with Gasteiger partial charge in [-0.1, -0.05) is 17.7 Å². The molecule has 1 amide bonds. The number of hydrogen-bond donors (Lipinski definition) is 2. The maximum atomic E-state index is 11.8. The number of likely N-dealkylation sites (tertiary alicyclic amines) is 1. The van der Waals surface area contributed by atoms with Crippen LogP contribution in [0.3, 0.4) is 0 Å². The molecule has 1 fully saturated rings. The van der Waals surface area contributed by atoms with Crippen molar-refractivity contribution in [3.8, 4) is 0 Å². The number of β-amino-alcohol motifs (C(OH)–C–C–N with tert-alkyl or cyclic N) is 1. The van der Waals surface area contributed by atoms with Crippen LogP contribution in [0, 0.1) is 6.92 Å². The van der Waals surface area contributed by atoms with E-state index in [-0.39, 0.29) is 12.0 Å². The van der Waals surface area contributed by atoms with Crippen molar-refractivity contribution in [2.24, 2.45) is 0 Å². The summed E-state index contributed by atoms with van der Waals surface area (Å²) in [5.41, 5.74) is 1.69. The van der Waals surface area contributed by atoms with Gasteiger partial charge in [0.15, 0.2) is 0 Å². The van der Waals surface area contributed by atoms with Crippen LogP contribution in [0.5, 0.6) is 0 Å².